The predicted octanol–water partition coefficient (Wildman–Crippen LogP) is 2.01. The molecule has 0 unspecified atom stereocenters. The van der Waals surface area contributed by atoms with Crippen molar-refractivity contribution in [3.05, 3.63) is 0 Å². The van der Waals surface area contributed by atoms with E-state index in [-0.39, 0.29) is 6.10 Å². The van der Waals surface area contributed by atoms with Crippen LogP contribution in [0.4, 0.5) is 0 Å². The summed E-state index contributed by atoms with van der Waals surface area (Å²) in [6, 6.07) is 0. The summed E-state index contributed by atoms with van der Waals surface area (Å²) in [5, 5.41) is 9.46. The third-order valence-corrected chi connectivity index (χ3v) is 2.22. The maximum absolute atomic E-state index is 10.1. The summed E-state index contributed by atoms with van der Waals surface area (Å²) in [6.45, 7) is 6.06. The molecule has 0 saturated carbocycles. The molecule has 12 heavy (non-hydrogen) atoms. The summed E-state index contributed by atoms with van der Waals surface area (Å²) in [4.78, 5) is 10.1. The van der Waals surface area contributed by atoms with Crippen molar-refractivity contribution in [2.75, 3.05) is 0 Å². The normalized spacial score (nSPS) is 16.1. The maximum Gasteiger partial charge on any atom is 0.120 e. The van der Waals surface area contributed by atoms with Crippen LogP contribution in [0.25, 0.3) is 0 Å². The van der Waals surface area contributed by atoms with Crippen LogP contribution in [0.5, 0.6) is 0 Å². The van der Waals surface area contributed by atoms with Gasteiger partial charge in [0.05, 0.1) is 6.10 Å². The molecule has 0 heterocycles. The van der Waals surface area contributed by atoms with Crippen molar-refractivity contribution >= 4 is 6.29 Å². The smallest absolute Gasteiger partial charge is 0.120 e. The highest BCUT2D eigenvalue weighted by molar-refractivity contribution is 5.49. The summed E-state index contributed by atoms with van der Waals surface area (Å²) in [5.41, 5.74) is 0. The molecule has 0 rings (SSSR count). The number of carbonyl (C=O) groups excluding carboxylic acids is 1. The van der Waals surface area contributed by atoms with Crippen LogP contribution in [0.1, 0.15) is 40.0 Å². The van der Waals surface area contributed by atoms with E-state index in [0.717, 1.165) is 19.1 Å². The van der Waals surface area contributed by atoms with Gasteiger partial charge in [0.25, 0.3) is 0 Å². The molecule has 0 saturated heterocycles. The van der Waals surface area contributed by atoms with E-state index >= 15 is 0 Å². The Morgan fingerprint density at radius 2 is 1.83 bits per heavy atom. The van der Waals surface area contributed by atoms with Crippen LogP contribution in [0.15, 0.2) is 0 Å². The van der Waals surface area contributed by atoms with Crippen molar-refractivity contribution in [1.29, 1.82) is 0 Å². The molecule has 0 aromatic heterocycles. The lowest BCUT2D eigenvalue weighted by molar-refractivity contribution is -0.108. The molecule has 0 aromatic carbocycles. The SMILES string of the molecule is CC(C)[C@H](O)CC[C@@H](C)CC=O. The fraction of sp³-hybridized carbons (Fsp3) is 0.900. The predicted molar refractivity (Wildman–Crippen MR) is 49.9 cm³/mol. The van der Waals surface area contributed by atoms with Crippen LogP contribution < -0.4 is 0 Å². The summed E-state index contributed by atoms with van der Waals surface area (Å²) in [5.74, 6) is 0.740. The molecule has 2 atom stereocenters. The molecule has 0 radical (unpaired) electrons. The van der Waals surface area contributed by atoms with Gasteiger partial charge in [-0.1, -0.05) is 20.8 Å². The first-order valence-electron chi connectivity index (χ1n) is 4.69. The summed E-state index contributed by atoms with van der Waals surface area (Å²) < 4.78 is 0. The number of rotatable bonds is 6. The second kappa shape index (κ2) is 6.18. The van der Waals surface area contributed by atoms with Gasteiger partial charge in [0, 0.05) is 6.42 Å². The zero-order valence-electron chi connectivity index (χ0n) is 8.29. The largest absolute Gasteiger partial charge is 0.393 e. The van der Waals surface area contributed by atoms with Gasteiger partial charge in [0.15, 0.2) is 0 Å². The fourth-order valence-corrected chi connectivity index (χ4v) is 1.07. The van der Waals surface area contributed by atoms with Crippen molar-refractivity contribution in [3.63, 3.8) is 0 Å². The molecular formula is C10H20O2. The van der Waals surface area contributed by atoms with E-state index in [9.17, 15) is 9.90 Å². The Hall–Kier alpha value is -0.370. The molecule has 2 nitrogen and oxygen atoms in total. The van der Waals surface area contributed by atoms with Gasteiger partial charge in [-0.3, -0.25) is 0 Å². The Kier molecular flexibility index (Phi) is 5.99. The van der Waals surface area contributed by atoms with Crippen molar-refractivity contribution in [2.45, 2.75) is 46.1 Å². The fourth-order valence-electron chi connectivity index (χ4n) is 1.07. The first-order valence-corrected chi connectivity index (χ1v) is 4.69. The lowest BCUT2D eigenvalue weighted by atomic mass is 9.96. The van der Waals surface area contributed by atoms with Crippen LogP contribution in [-0.2, 0) is 4.79 Å². The zero-order valence-corrected chi connectivity index (χ0v) is 8.29. The van der Waals surface area contributed by atoms with Gasteiger partial charge in [-0.15, -0.1) is 0 Å². The van der Waals surface area contributed by atoms with E-state index in [0.29, 0.717) is 18.3 Å². The lowest BCUT2D eigenvalue weighted by Crippen LogP contribution is -2.15. The van der Waals surface area contributed by atoms with Gasteiger partial charge < -0.3 is 9.90 Å². The highest BCUT2D eigenvalue weighted by Gasteiger charge is 2.10. The average molecular weight is 172 g/mol. The van der Waals surface area contributed by atoms with E-state index in [1.165, 1.54) is 0 Å². The Morgan fingerprint density at radius 3 is 2.25 bits per heavy atom. The molecule has 0 aliphatic heterocycles. The monoisotopic (exact) mass is 172 g/mol. The van der Waals surface area contributed by atoms with Crippen molar-refractivity contribution in [1.82, 2.24) is 0 Å². The molecule has 0 aliphatic rings. The summed E-state index contributed by atoms with van der Waals surface area (Å²) in [7, 11) is 0. The minimum Gasteiger partial charge on any atom is -0.393 e. The molecule has 0 aliphatic carbocycles. The third-order valence-electron chi connectivity index (χ3n) is 2.22. The molecule has 1 N–H and O–H groups in total. The van der Waals surface area contributed by atoms with E-state index in [4.69, 9.17) is 0 Å². The Bertz CT molecular complexity index is 121. The van der Waals surface area contributed by atoms with Gasteiger partial charge >= 0.3 is 0 Å². The molecule has 0 fully saturated rings. The van der Waals surface area contributed by atoms with Gasteiger partial charge in [-0.05, 0) is 24.7 Å². The van der Waals surface area contributed by atoms with Crippen LogP contribution in [0.3, 0.4) is 0 Å². The van der Waals surface area contributed by atoms with Crippen LogP contribution in [0, 0.1) is 11.8 Å². The molecule has 0 amide bonds. The summed E-state index contributed by atoms with van der Waals surface area (Å²) in [6.07, 6.45) is 3.11. The van der Waals surface area contributed by atoms with Crippen molar-refractivity contribution < 1.29 is 9.90 Å². The molecule has 0 spiro atoms. The summed E-state index contributed by atoms with van der Waals surface area (Å²) >= 11 is 0. The molecular weight excluding hydrogens is 152 g/mol. The standard InChI is InChI=1S/C10H20O2/c1-8(2)10(12)5-4-9(3)6-7-11/h7-10,12H,4-6H2,1-3H3/t9-,10-/m1/s1. The number of aldehydes is 1. The van der Waals surface area contributed by atoms with Gasteiger partial charge in [0.1, 0.15) is 6.29 Å². The quantitative estimate of drug-likeness (QED) is 0.622. The number of hydrogen-bond acceptors (Lipinski definition) is 2. The topological polar surface area (TPSA) is 37.3 Å². The van der Waals surface area contributed by atoms with E-state index in [1.807, 2.05) is 20.8 Å². The van der Waals surface area contributed by atoms with Gasteiger partial charge in [0.2, 0.25) is 0 Å². The number of carbonyl (C=O) groups is 1. The minimum atomic E-state index is -0.209. The second-order valence-electron chi connectivity index (χ2n) is 3.90. The highest BCUT2D eigenvalue weighted by Crippen LogP contribution is 2.14. The number of aliphatic hydroxyl groups is 1. The number of aliphatic hydroxyl groups excluding tert-OH is 1. The van der Waals surface area contributed by atoms with Crippen LogP contribution in [-0.4, -0.2) is 17.5 Å². The van der Waals surface area contributed by atoms with Crippen LogP contribution >= 0.6 is 0 Å². The van der Waals surface area contributed by atoms with Gasteiger partial charge in [-0.25, -0.2) is 0 Å². The lowest BCUT2D eigenvalue weighted by Gasteiger charge is -2.15. The third kappa shape index (κ3) is 5.30. The molecule has 0 bridgehead atoms. The van der Waals surface area contributed by atoms with Crippen LogP contribution in [0.2, 0.25) is 0 Å². The van der Waals surface area contributed by atoms with Crippen molar-refractivity contribution in [2.24, 2.45) is 11.8 Å². The maximum atomic E-state index is 10.1. The Morgan fingerprint density at radius 1 is 1.25 bits per heavy atom. The van der Waals surface area contributed by atoms with E-state index < -0.39 is 0 Å². The van der Waals surface area contributed by atoms with Crippen molar-refractivity contribution in [3.8, 4) is 0 Å². The highest BCUT2D eigenvalue weighted by atomic mass is 16.3. The number of hydrogen-bond donors (Lipinski definition) is 1. The zero-order chi connectivity index (χ0) is 9.56. The van der Waals surface area contributed by atoms with Gasteiger partial charge in [-0.2, -0.15) is 0 Å². The minimum absolute atomic E-state index is 0.209. The average Bonchev–Trinajstić information content (AvgIpc) is 2.00. The molecule has 72 valence electrons. The Balaban J connectivity index is 3.46. The van der Waals surface area contributed by atoms with E-state index in [1.54, 1.807) is 0 Å². The molecule has 0 aromatic rings. The molecule has 2 heteroatoms. The second-order valence-corrected chi connectivity index (χ2v) is 3.90. The first kappa shape index (κ1) is 11.6. The Labute approximate surface area is 75.0 Å². The van der Waals surface area contributed by atoms with E-state index in [2.05, 4.69) is 0 Å². The first-order chi connectivity index (χ1) is 5.57.